The molecule has 0 aliphatic carbocycles. The summed E-state index contributed by atoms with van der Waals surface area (Å²) in [5.41, 5.74) is 2.00. The van der Waals surface area contributed by atoms with E-state index in [2.05, 4.69) is 6.58 Å². The first-order chi connectivity index (χ1) is 15.5. The van der Waals surface area contributed by atoms with E-state index in [-0.39, 0.29) is 23.5 Å². The largest absolute Gasteiger partial charge is 0.466 e. The van der Waals surface area contributed by atoms with Crippen LogP contribution in [0.4, 0.5) is 0 Å². The number of carbonyl (C=O) groups is 3. The van der Waals surface area contributed by atoms with Gasteiger partial charge in [-0.1, -0.05) is 54.6 Å². The van der Waals surface area contributed by atoms with Crippen molar-refractivity contribution in [3.8, 4) is 11.1 Å². The van der Waals surface area contributed by atoms with Gasteiger partial charge in [0.2, 0.25) is 6.10 Å². The van der Waals surface area contributed by atoms with E-state index in [1.165, 1.54) is 14.2 Å². The fourth-order valence-electron chi connectivity index (χ4n) is 3.37. The Morgan fingerprint density at radius 2 is 1.56 bits per heavy atom. The molecule has 1 unspecified atom stereocenters. The Hall–Kier alpha value is -4.13. The Morgan fingerprint density at radius 1 is 0.938 bits per heavy atom. The van der Waals surface area contributed by atoms with E-state index in [1.54, 1.807) is 47.0 Å². The molecule has 3 rings (SSSR count). The fourth-order valence-corrected chi connectivity index (χ4v) is 3.37. The lowest BCUT2D eigenvalue weighted by molar-refractivity contribution is -0.151. The van der Waals surface area contributed by atoms with Gasteiger partial charge in [-0.05, 0) is 23.8 Å². The first kappa shape index (κ1) is 22.6. The Bertz CT molecular complexity index is 1120. The highest BCUT2D eigenvalue weighted by Crippen LogP contribution is 2.35. The van der Waals surface area contributed by atoms with Gasteiger partial charge in [-0.3, -0.25) is 0 Å². The van der Waals surface area contributed by atoms with Gasteiger partial charge in [-0.2, -0.15) is 0 Å². The van der Waals surface area contributed by atoms with Crippen molar-refractivity contribution in [2.45, 2.75) is 12.6 Å². The molecule has 0 radical (unpaired) electrons. The standard InChI is InChI=1S/C25H23NO6/c1-4-15-26-20(24(28)30-2)16-19(17-11-7-5-8-12-17)21(26)22(25(29)31-3)32-23(27)18-13-9-6-10-14-18/h4-14,16,22H,1,15H2,2-3H3. The first-order valence-corrected chi connectivity index (χ1v) is 9.83. The number of rotatable bonds is 8. The van der Waals surface area contributed by atoms with Gasteiger partial charge >= 0.3 is 17.9 Å². The summed E-state index contributed by atoms with van der Waals surface area (Å²) in [7, 11) is 2.47. The van der Waals surface area contributed by atoms with Gasteiger partial charge in [0, 0.05) is 12.1 Å². The summed E-state index contributed by atoms with van der Waals surface area (Å²) in [6.45, 7) is 3.91. The molecule has 0 aliphatic heterocycles. The van der Waals surface area contributed by atoms with Crippen LogP contribution in [0.2, 0.25) is 0 Å². The highest BCUT2D eigenvalue weighted by molar-refractivity contribution is 5.94. The molecule has 32 heavy (non-hydrogen) atoms. The molecule has 0 saturated heterocycles. The molecule has 164 valence electrons. The van der Waals surface area contributed by atoms with Gasteiger partial charge in [0.05, 0.1) is 25.5 Å². The molecule has 0 spiro atoms. The Kier molecular flexibility index (Phi) is 7.23. The van der Waals surface area contributed by atoms with Crippen LogP contribution in [-0.2, 0) is 25.5 Å². The number of ether oxygens (including phenoxy) is 3. The average Bonchev–Trinajstić information content (AvgIpc) is 3.21. The summed E-state index contributed by atoms with van der Waals surface area (Å²) in [6.07, 6.45) is 0.138. The maximum atomic E-state index is 12.8. The minimum absolute atomic E-state index is 0.170. The number of aromatic nitrogens is 1. The summed E-state index contributed by atoms with van der Waals surface area (Å²) < 4.78 is 17.1. The SMILES string of the molecule is C=CCn1c(C(=O)OC)cc(-c2ccccc2)c1C(OC(=O)c1ccccc1)C(=O)OC. The molecule has 7 nitrogen and oxygen atoms in total. The first-order valence-electron chi connectivity index (χ1n) is 9.83. The highest BCUT2D eigenvalue weighted by atomic mass is 16.6. The van der Waals surface area contributed by atoms with Crippen LogP contribution >= 0.6 is 0 Å². The monoisotopic (exact) mass is 433 g/mol. The molecule has 1 atom stereocenters. The minimum Gasteiger partial charge on any atom is -0.466 e. The van der Waals surface area contributed by atoms with Crippen LogP contribution in [-0.4, -0.2) is 36.7 Å². The predicted octanol–water partition coefficient (Wildman–Crippen LogP) is 4.20. The quantitative estimate of drug-likeness (QED) is 0.301. The molecule has 2 aromatic carbocycles. The zero-order valence-electron chi connectivity index (χ0n) is 17.8. The number of allylic oxidation sites excluding steroid dienone is 1. The predicted molar refractivity (Wildman–Crippen MR) is 118 cm³/mol. The van der Waals surface area contributed by atoms with Gasteiger partial charge in [-0.25, -0.2) is 14.4 Å². The Labute approximate surface area is 185 Å². The van der Waals surface area contributed by atoms with Crippen LogP contribution in [0.5, 0.6) is 0 Å². The molecule has 3 aromatic rings. The minimum atomic E-state index is -1.43. The summed E-state index contributed by atoms with van der Waals surface area (Å²) in [4.78, 5) is 38.1. The Morgan fingerprint density at radius 3 is 2.12 bits per heavy atom. The van der Waals surface area contributed by atoms with E-state index in [1.807, 2.05) is 30.3 Å². The summed E-state index contributed by atoms with van der Waals surface area (Å²) >= 11 is 0. The number of nitrogens with zero attached hydrogens (tertiary/aromatic N) is 1. The Balaban J connectivity index is 2.22. The summed E-state index contributed by atoms with van der Waals surface area (Å²) in [6, 6.07) is 19.1. The molecule has 0 saturated carbocycles. The highest BCUT2D eigenvalue weighted by Gasteiger charge is 2.35. The van der Waals surface area contributed by atoms with Crippen molar-refractivity contribution in [3.05, 3.63) is 96.3 Å². The number of methoxy groups -OCH3 is 2. The second-order valence-corrected chi connectivity index (χ2v) is 6.76. The van der Waals surface area contributed by atoms with Crippen LogP contribution in [0.25, 0.3) is 11.1 Å². The van der Waals surface area contributed by atoms with Crippen LogP contribution in [0.1, 0.15) is 32.6 Å². The number of benzene rings is 2. The molecule has 0 N–H and O–H groups in total. The number of hydrogen-bond acceptors (Lipinski definition) is 6. The lowest BCUT2D eigenvalue weighted by Gasteiger charge is -2.20. The van der Waals surface area contributed by atoms with Crippen molar-refractivity contribution >= 4 is 17.9 Å². The van der Waals surface area contributed by atoms with Gasteiger partial charge in [0.1, 0.15) is 5.69 Å². The number of carbonyl (C=O) groups excluding carboxylic acids is 3. The van der Waals surface area contributed by atoms with Gasteiger partial charge < -0.3 is 18.8 Å². The molecule has 7 heteroatoms. The molecule has 0 amide bonds. The van der Waals surface area contributed by atoms with E-state index in [4.69, 9.17) is 14.2 Å². The van der Waals surface area contributed by atoms with Crippen LogP contribution in [0.15, 0.2) is 79.4 Å². The van der Waals surface area contributed by atoms with E-state index in [0.29, 0.717) is 5.56 Å². The van der Waals surface area contributed by atoms with Crippen LogP contribution < -0.4 is 0 Å². The topological polar surface area (TPSA) is 83.8 Å². The lowest BCUT2D eigenvalue weighted by atomic mass is 10.0. The van der Waals surface area contributed by atoms with Crippen molar-refractivity contribution in [1.82, 2.24) is 4.57 Å². The van der Waals surface area contributed by atoms with E-state index >= 15 is 0 Å². The van der Waals surface area contributed by atoms with E-state index in [0.717, 1.165) is 5.56 Å². The zero-order chi connectivity index (χ0) is 23.1. The zero-order valence-corrected chi connectivity index (χ0v) is 17.8. The van der Waals surface area contributed by atoms with Crippen molar-refractivity contribution in [3.63, 3.8) is 0 Å². The molecule has 1 aromatic heterocycles. The van der Waals surface area contributed by atoms with E-state index < -0.39 is 24.0 Å². The van der Waals surface area contributed by atoms with Crippen molar-refractivity contribution in [2.24, 2.45) is 0 Å². The third-order valence-corrected chi connectivity index (χ3v) is 4.83. The summed E-state index contributed by atoms with van der Waals surface area (Å²) in [5.74, 6) is -2.09. The third-order valence-electron chi connectivity index (χ3n) is 4.83. The van der Waals surface area contributed by atoms with E-state index in [9.17, 15) is 14.4 Å². The van der Waals surface area contributed by atoms with Crippen molar-refractivity contribution < 1.29 is 28.6 Å². The maximum Gasteiger partial charge on any atom is 0.354 e. The molecule has 1 heterocycles. The average molecular weight is 433 g/mol. The lowest BCUT2D eigenvalue weighted by Crippen LogP contribution is -2.25. The van der Waals surface area contributed by atoms with Crippen molar-refractivity contribution in [2.75, 3.05) is 14.2 Å². The van der Waals surface area contributed by atoms with Gasteiger partial charge in [0.25, 0.3) is 0 Å². The molecule has 0 aliphatic rings. The molecular formula is C25H23NO6. The second-order valence-electron chi connectivity index (χ2n) is 6.76. The smallest absolute Gasteiger partial charge is 0.354 e. The van der Waals surface area contributed by atoms with Gasteiger partial charge in [-0.15, -0.1) is 6.58 Å². The van der Waals surface area contributed by atoms with Crippen LogP contribution in [0.3, 0.4) is 0 Å². The normalized spacial score (nSPS) is 11.3. The number of hydrogen-bond donors (Lipinski definition) is 0. The fraction of sp³-hybridized carbons (Fsp3) is 0.160. The molecular weight excluding hydrogens is 410 g/mol. The molecule has 0 fully saturated rings. The summed E-state index contributed by atoms with van der Waals surface area (Å²) in [5, 5.41) is 0. The number of esters is 3. The maximum absolute atomic E-state index is 12.8. The molecule has 0 bridgehead atoms. The second kappa shape index (κ2) is 10.3. The van der Waals surface area contributed by atoms with Crippen LogP contribution in [0, 0.1) is 0 Å². The van der Waals surface area contributed by atoms with Gasteiger partial charge in [0.15, 0.2) is 0 Å². The third kappa shape index (κ3) is 4.62. The van der Waals surface area contributed by atoms with Crippen molar-refractivity contribution in [1.29, 1.82) is 0 Å².